The number of halogens is 1. The number of rotatable bonds is 7. The van der Waals surface area contributed by atoms with E-state index in [0.29, 0.717) is 19.5 Å². The Morgan fingerprint density at radius 3 is 3.00 bits per heavy atom. The van der Waals surface area contributed by atoms with Crippen LogP contribution in [0.2, 0.25) is 0 Å². The van der Waals surface area contributed by atoms with Gasteiger partial charge in [-0.15, -0.1) is 10.2 Å². The predicted molar refractivity (Wildman–Crippen MR) is 113 cm³/mol. The summed E-state index contributed by atoms with van der Waals surface area (Å²) in [6.45, 7) is 4.11. The van der Waals surface area contributed by atoms with Crippen molar-refractivity contribution in [3.63, 3.8) is 0 Å². The minimum Gasteiger partial charge on any atom is -0.361 e. The summed E-state index contributed by atoms with van der Waals surface area (Å²) in [6.07, 6.45) is 5.36. The fraction of sp³-hybridized carbons (Fsp3) is 0.286. The van der Waals surface area contributed by atoms with Crippen molar-refractivity contribution in [3.8, 4) is 0 Å². The van der Waals surface area contributed by atoms with Crippen LogP contribution >= 0.6 is 0 Å². The monoisotopic (exact) mass is 393 g/mol. The fourth-order valence-electron chi connectivity index (χ4n) is 3.34. The summed E-state index contributed by atoms with van der Waals surface area (Å²) in [5.74, 6) is 1.43. The molecule has 4 aromatic rings. The van der Waals surface area contributed by atoms with Crippen molar-refractivity contribution in [1.29, 1.82) is 0 Å². The molecule has 0 bridgehead atoms. The Labute approximate surface area is 168 Å². The van der Waals surface area contributed by atoms with Gasteiger partial charge in [0.1, 0.15) is 11.6 Å². The number of nitrogens with zero attached hydrogens (tertiary/aromatic N) is 4. The zero-order chi connectivity index (χ0) is 20.1. The average Bonchev–Trinajstić information content (AvgIpc) is 3.32. The lowest BCUT2D eigenvalue weighted by atomic mass is 10.1. The Kier molecular flexibility index (Phi) is 5.69. The molecular weight excluding hydrogens is 369 g/mol. The largest absolute Gasteiger partial charge is 0.361 e. The van der Waals surface area contributed by atoms with E-state index in [1.165, 1.54) is 6.07 Å². The van der Waals surface area contributed by atoms with Crippen molar-refractivity contribution in [3.05, 3.63) is 66.0 Å². The molecule has 0 radical (unpaired) electrons. The first-order chi connectivity index (χ1) is 14.2. The van der Waals surface area contributed by atoms with Gasteiger partial charge in [-0.2, -0.15) is 0 Å². The van der Waals surface area contributed by atoms with Gasteiger partial charge in [0.2, 0.25) is 0 Å². The summed E-state index contributed by atoms with van der Waals surface area (Å²) in [7, 11) is 0. The second kappa shape index (κ2) is 8.72. The molecule has 3 heterocycles. The van der Waals surface area contributed by atoms with Gasteiger partial charge in [-0.05, 0) is 49.2 Å². The maximum absolute atomic E-state index is 13.5. The SMILES string of the molecule is CCNC(=NCCc1nnc2ccccn12)NCCc1c[nH]c2ccc(F)cc12. The van der Waals surface area contributed by atoms with Crippen LogP contribution in [0, 0.1) is 5.82 Å². The number of benzene rings is 1. The van der Waals surface area contributed by atoms with Crippen LogP contribution in [0.4, 0.5) is 4.39 Å². The average molecular weight is 393 g/mol. The van der Waals surface area contributed by atoms with Crippen LogP contribution in [0.15, 0.2) is 53.8 Å². The highest BCUT2D eigenvalue weighted by atomic mass is 19.1. The summed E-state index contributed by atoms with van der Waals surface area (Å²) in [4.78, 5) is 7.82. The normalized spacial score (nSPS) is 12.0. The molecule has 0 spiro atoms. The van der Waals surface area contributed by atoms with Crippen LogP contribution in [0.1, 0.15) is 18.3 Å². The maximum Gasteiger partial charge on any atom is 0.191 e. The smallest absolute Gasteiger partial charge is 0.191 e. The quantitative estimate of drug-likeness (QED) is 0.333. The summed E-state index contributed by atoms with van der Waals surface area (Å²) in [5.41, 5.74) is 2.87. The molecule has 0 unspecified atom stereocenters. The third kappa shape index (κ3) is 4.37. The lowest BCUT2D eigenvalue weighted by Crippen LogP contribution is -2.38. The highest BCUT2D eigenvalue weighted by Gasteiger charge is 2.06. The van der Waals surface area contributed by atoms with E-state index in [1.807, 2.05) is 41.9 Å². The summed E-state index contributed by atoms with van der Waals surface area (Å²) < 4.78 is 15.5. The number of fused-ring (bicyclic) bond motifs is 2. The first-order valence-electron chi connectivity index (χ1n) is 9.81. The van der Waals surface area contributed by atoms with Gasteiger partial charge in [-0.25, -0.2) is 4.39 Å². The lowest BCUT2D eigenvalue weighted by Gasteiger charge is -2.11. The Morgan fingerprint density at radius 2 is 2.10 bits per heavy atom. The van der Waals surface area contributed by atoms with Crippen molar-refractivity contribution in [1.82, 2.24) is 30.2 Å². The third-order valence-corrected chi connectivity index (χ3v) is 4.75. The van der Waals surface area contributed by atoms with Crippen LogP contribution in [0.5, 0.6) is 0 Å². The number of H-pyrrole nitrogens is 1. The zero-order valence-corrected chi connectivity index (χ0v) is 16.3. The molecule has 8 heteroatoms. The molecule has 29 heavy (non-hydrogen) atoms. The first kappa shape index (κ1) is 18.9. The first-order valence-corrected chi connectivity index (χ1v) is 9.81. The molecule has 0 aliphatic rings. The molecule has 1 aromatic carbocycles. The second-order valence-electron chi connectivity index (χ2n) is 6.74. The predicted octanol–water partition coefficient (Wildman–Crippen LogP) is 2.69. The molecule has 0 aliphatic carbocycles. The molecule has 150 valence electrons. The molecule has 0 fully saturated rings. The van der Waals surface area contributed by atoms with Crippen molar-refractivity contribution in [2.75, 3.05) is 19.6 Å². The number of pyridine rings is 1. The van der Waals surface area contributed by atoms with E-state index in [-0.39, 0.29) is 5.82 Å². The molecule has 4 rings (SSSR count). The molecule has 0 atom stereocenters. The standard InChI is InChI=1S/C21H24FN7/c1-2-23-21(25-11-9-20-28-27-19-5-3-4-12-29(19)20)24-10-8-15-14-26-18-7-6-16(22)13-17(15)18/h3-7,12-14,26H,2,8-11H2,1H3,(H2,23,24,25). The Morgan fingerprint density at radius 1 is 1.17 bits per heavy atom. The van der Waals surface area contributed by atoms with Crippen LogP contribution in [-0.2, 0) is 12.8 Å². The van der Waals surface area contributed by atoms with Crippen molar-refractivity contribution < 1.29 is 4.39 Å². The third-order valence-electron chi connectivity index (χ3n) is 4.75. The maximum atomic E-state index is 13.5. The Bertz CT molecular complexity index is 1130. The number of aromatic amines is 1. The van der Waals surface area contributed by atoms with Crippen molar-refractivity contribution >= 4 is 22.5 Å². The molecular formula is C21H24FN7. The van der Waals surface area contributed by atoms with E-state index in [2.05, 4.69) is 30.8 Å². The van der Waals surface area contributed by atoms with Crippen molar-refractivity contribution in [2.45, 2.75) is 19.8 Å². The second-order valence-corrected chi connectivity index (χ2v) is 6.74. The number of nitrogens with one attached hydrogen (secondary N) is 3. The minimum atomic E-state index is -0.220. The van der Waals surface area contributed by atoms with Crippen LogP contribution < -0.4 is 10.6 Å². The number of guanidine groups is 1. The van der Waals surface area contributed by atoms with E-state index in [0.717, 1.165) is 46.9 Å². The number of aliphatic imine (C=N–C) groups is 1. The van der Waals surface area contributed by atoms with Gasteiger partial charge in [-0.3, -0.25) is 9.39 Å². The molecule has 0 saturated carbocycles. The van der Waals surface area contributed by atoms with Gasteiger partial charge in [0, 0.05) is 49.4 Å². The van der Waals surface area contributed by atoms with Gasteiger partial charge in [0.15, 0.2) is 11.6 Å². The topological polar surface area (TPSA) is 82.4 Å². The summed E-state index contributed by atoms with van der Waals surface area (Å²) in [5, 5.41) is 15.9. The molecule has 0 aliphatic heterocycles. The number of hydrogen-bond acceptors (Lipinski definition) is 3. The molecule has 3 aromatic heterocycles. The van der Waals surface area contributed by atoms with Gasteiger partial charge in [0.25, 0.3) is 0 Å². The zero-order valence-electron chi connectivity index (χ0n) is 16.3. The highest BCUT2D eigenvalue weighted by molar-refractivity contribution is 5.83. The van der Waals surface area contributed by atoms with E-state index >= 15 is 0 Å². The van der Waals surface area contributed by atoms with Gasteiger partial charge in [-0.1, -0.05) is 6.07 Å². The molecule has 7 nitrogen and oxygen atoms in total. The fourth-order valence-corrected chi connectivity index (χ4v) is 3.34. The lowest BCUT2D eigenvalue weighted by molar-refractivity contribution is 0.629. The molecule has 0 amide bonds. The Hall–Kier alpha value is -3.42. The van der Waals surface area contributed by atoms with E-state index < -0.39 is 0 Å². The van der Waals surface area contributed by atoms with Gasteiger partial charge < -0.3 is 15.6 Å². The van der Waals surface area contributed by atoms with E-state index in [1.54, 1.807) is 12.1 Å². The van der Waals surface area contributed by atoms with Crippen LogP contribution in [0.25, 0.3) is 16.6 Å². The van der Waals surface area contributed by atoms with Crippen LogP contribution in [0.3, 0.4) is 0 Å². The highest BCUT2D eigenvalue weighted by Crippen LogP contribution is 2.19. The summed E-state index contributed by atoms with van der Waals surface area (Å²) in [6, 6.07) is 10.6. The minimum absolute atomic E-state index is 0.220. The number of hydrogen-bond donors (Lipinski definition) is 3. The summed E-state index contributed by atoms with van der Waals surface area (Å²) >= 11 is 0. The van der Waals surface area contributed by atoms with Crippen LogP contribution in [-0.4, -0.2) is 45.2 Å². The number of aromatic nitrogens is 4. The van der Waals surface area contributed by atoms with E-state index in [4.69, 9.17) is 0 Å². The molecule has 0 saturated heterocycles. The van der Waals surface area contributed by atoms with Gasteiger partial charge >= 0.3 is 0 Å². The van der Waals surface area contributed by atoms with Gasteiger partial charge in [0.05, 0.1) is 0 Å². The molecule has 3 N–H and O–H groups in total. The van der Waals surface area contributed by atoms with E-state index in [9.17, 15) is 4.39 Å². The van der Waals surface area contributed by atoms with Crippen molar-refractivity contribution in [2.24, 2.45) is 4.99 Å². The Balaban J connectivity index is 1.35.